The summed E-state index contributed by atoms with van der Waals surface area (Å²) in [6, 6.07) is 1.97. The van der Waals surface area contributed by atoms with Crippen molar-refractivity contribution >= 4 is 5.91 Å². The van der Waals surface area contributed by atoms with E-state index < -0.39 is 0 Å². The number of carbonyl (C=O) groups is 1. The van der Waals surface area contributed by atoms with E-state index in [-0.39, 0.29) is 0 Å². The van der Waals surface area contributed by atoms with Gasteiger partial charge in [0.05, 0.1) is 6.54 Å². The van der Waals surface area contributed by atoms with Gasteiger partial charge >= 0.3 is 0 Å². The summed E-state index contributed by atoms with van der Waals surface area (Å²) in [5, 5.41) is 2.99. The predicted molar refractivity (Wildman–Crippen MR) is 76.0 cm³/mol. The summed E-state index contributed by atoms with van der Waals surface area (Å²) in [6.07, 6.45) is 9.38. The van der Waals surface area contributed by atoms with Gasteiger partial charge in [-0.2, -0.15) is 0 Å². The smallest absolute Gasteiger partial charge is 0.236 e. The second kappa shape index (κ2) is 5.80. The Labute approximate surface area is 116 Å². The van der Waals surface area contributed by atoms with Gasteiger partial charge in [-0.1, -0.05) is 19.3 Å². The second-order valence-corrected chi connectivity index (χ2v) is 6.36. The van der Waals surface area contributed by atoms with Crippen molar-refractivity contribution in [2.45, 2.75) is 63.1 Å². The van der Waals surface area contributed by atoms with Crippen molar-refractivity contribution in [2.75, 3.05) is 26.7 Å². The van der Waals surface area contributed by atoms with E-state index in [9.17, 15) is 4.79 Å². The van der Waals surface area contributed by atoms with Crippen LogP contribution in [0.25, 0.3) is 0 Å². The van der Waals surface area contributed by atoms with Crippen LogP contribution >= 0.6 is 0 Å². The Hall–Kier alpha value is -0.610. The van der Waals surface area contributed by atoms with Crippen LogP contribution in [0.5, 0.6) is 0 Å². The molecule has 3 aliphatic rings. The molecule has 4 nitrogen and oxygen atoms in total. The van der Waals surface area contributed by atoms with Crippen LogP contribution in [0, 0.1) is 0 Å². The molecule has 108 valence electrons. The zero-order valence-electron chi connectivity index (χ0n) is 12.1. The van der Waals surface area contributed by atoms with Gasteiger partial charge in [0, 0.05) is 31.2 Å². The molecule has 19 heavy (non-hydrogen) atoms. The lowest BCUT2D eigenvalue weighted by molar-refractivity contribution is -0.131. The highest BCUT2D eigenvalue weighted by molar-refractivity contribution is 5.79. The minimum Gasteiger partial charge on any atom is -0.337 e. The van der Waals surface area contributed by atoms with Crippen LogP contribution < -0.4 is 5.32 Å². The molecule has 2 saturated heterocycles. The van der Waals surface area contributed by atoms with Gasteiger partial charge in [-0.25, -0.2) is 0 Å². The maximum Gasteiger partial charge on any atom is 0.236 e. The summed E-state index contributed by atoms with van der Waals surface area (Å²) >= 11 is 0. The van der Waals surface area contributed by atoms with Crippen molar-refractivity contribution in [3.8, 4) is 0 Å². The normalized spacial score (nSPS) is 32.8. The van der Waals surface area contributed by atoms with Crippen molar-refractivity contribution in [1.29, 1.82) is 0 Å². The summed E-state index contributed by atoms with van der Waals surface area (Å²) in [7, 11) is 1.86. The van der Waals surface area contributed by atoms with E-state index in [1.54, 1.807) is 0 Å². The molecule has 4 heteroatoms. The van der Waals surface area contributed by atoms with Crippen LogP contribution in [0.2, 0.25) is 0 Å². The average molecular weight is 265 g/mol. The Bertz CT molecular complexity index is 327. The zero-order valence-corrected chi connectivity index (χ0v) is 12.1. The van der Waals surface area contributed by atoms with E-state index in [1.165, 1.54) is 51.5 Å². The fourth-order valence-electron chi connectivity index (χ4n) is 4.45. The summed E-state index contributed by atoms with van der Waals surface area (Å²) in [6.45, 7) is 2.68. The summed E-state index contributed by atoms with van der Waals surface area (Å²) < 4.78 is 0. The first-order valence-corrected chi connectivity index (χ1v) is 8.01. The highest BCUT2D eigenvalue weighted by atomic mass is 16.2. The highest BCUT2D eigenvalue weighted by Gasteiger charge is 2.45. The fraction of sp³-hybridized carbons (Fsp3) is 0.933. The van der Waals surface area contributed by atoms with E-state index in [1.807, 2.05) is 7.05 Å². The number of amides is 1. The largest absolute Gasteiger partial charge is 0.337 e. The van der Waals surface area contributed by atoms with Crippen LogP contribution in [0.4, 0.5) is 0 Å². The third-order valence-corrected chi connectivity index (χ3v) is 5.31. The van der Waals surface area contributed by atoms with Crippen molar-refractivity contribution in [3.63, 3.8) is 0 Å². The molecule has 1 saturated carbocycles. The van der Waals surface area contributed by atoms with E-state index in [0.717, 1.165) is 12.6 Å². The number of carbonyl (C=O) groups excluding carboxylic acids is 1. The number of hydrogen-bond acceptors (Lipinski definition) is 3. The third-order valence-electron chi connectivity index (χ3n) is 5.31. The molecule has 0 bridgehead atoms. The average Bonchev–Trinajstić information content (AvgIpc) is 3.00. The molecule has 0 aromatic rings. The molecule has 1 aliphatic carbocycles. The molecule has 0 aromatic heterocycles. The summed E-state index contributed by atoms with van der Waals surface area (Å²) in [5.41, 5.74) is 0. The number of likely N-dealkylation sites (tertiary alicyclic amines) is 2. The molecule has 2 unspecified atom stereocenters. The predicted octanol–water partition coefficient (Wildman–Crippen LogP) is 1.21. The Balaban J connectivity index is 1.63. The van der Waals surface area contributed by atoms with Gasteiger partial charge in [0.15, 0.2) is 0 Å². The lowest BCUT2D eigenvalue weighted by Crippen LogP contribution is -2.45. The fourth-order valence-corrected chi connectivity index (χ4v) is 4.45. The SMILES string of the molecule is CNCC(=O)N1CCC2C1CCN2C1CCCCC1. The Morgan fingerprint density at radius 2 is 1.79 bits per heavy atom. The van der Waals surface area contributed by atoms with Crippen molar-refractivity contribution in [3.05, 3.63) is 0 Å². The maximum atomic E-state index is 12.1. The molecule has 1 amide bonds. The number of rotatable bonds is 3. The number of nitrogens with zero attached hydrogens (tertiary/aromatic N) is 2. The Kier molecular flexibility index (Phi) is 4.08. The van der Waals surface area contributed by atoms with Crippen molar-refractivity contribution in [2.24, 2.45) is 0 Å². The van der Waals surface area contributed by atoms with Gasteiger partial charge in [0.2, 0.25) is 5.91 Å². The van der Waals surface area contributed by atoms with Gasteiger partial charge < -0.3 is 10.2 Å². The van der Waals surface area contributed by atoms with Gasteiger partial charge in [-0.05, 0) is 32.7 Å². The molecule has 2 atom stereocenters. The molecule has 1 N–H and O–H groups in total. The van der Waals surface area contributed by atoms with Crippen molar-refractivity contribution in [1.82, 2.24) is 15.1 Å². The van der Waals surface area contributed by atoms with Crippen LogP contribution in [-0.2, 0) is 4.79 Å². The van der Waals surface area contributed by atoms with Gasteiger partial charge in [0.1, 0.15) is 0 Å². The number of nitrogens with one attached hydrogen (secondary N) is 1. The third kappa shape index (κ3) is 2.52. The van der Waals surface area contributed by atoms with Gasteiger partial charge in [-0.3, -0.25) is 9.69 Å². The molecular weight excluding hydrogens is 238 g/mol. The first kappa shape index (κ1) is 13.4. The van der Waals surface area contributed by atoms with Crippen LogP contribution in [0.15, 0.2) is 0 Å². The lowest BCUT2D eigenvalue weighted by atomic mass is 9.93. The van der Waals surface area contributed by atoms with Crippen molar-refractivity contribution < 1.29 is 4.79 Å². The molecular formula is C15H27N3O. The lowest BCUT2D eigenvalue weighted by Gasteiger charge is -2.35. The van der Waals surface area contributed by atoms with Crippen LogP contribution in [-0.4, -0.2) is 60.5 Å². The van der Waals surface area contributed by atoms with E-state index in [2.05, 4.69) is 15.1 Å². The molecule has 2 aliphatic heterocycles. The second-order valence-electron chi connectivity index (χ2n) is 6.36. The van der Waals surface area contributed by atoms with Crippen LogP contribution in [0.3, 0.4) is 0 Å². The van der Waals surface area contributed by atoms with Crippen LogP contribution in [0.1, 0.15) is 44.9 Å². The standard InChI is InChI=1S/C15H27N3O/c1-16-11-15(19)18-10-8-13-14(18)7-9-17(13)12-5-3-2-4-6-12/h12-14,16H,2-11H2,1H3. The summed E-state index contributed by atoms with van der Waals surface area (Å²) in [4.78, 5) is 17.0. The quantitative estimate of drug-likeness (QED) is 0.833. The van der Waals surface area contributed by atoms with E-state index >= 15 is 0 Å². The topological polar surface area (TPSA) is 35.6 Å². The molecule has 0 spiro atoms. The molecule has 3 fully saturated rings. The number of fused-ring (bicyclic) bond motifs is 1. The first-order valence-electron chi connectivity index (χ1n) is 8.01. The van der Waals surface area contributed by atoms with Gasteiger partial charge in [-0.15, -0.1) is 0 Å². The maximum absolute atomic E-state index is 12.1. The molecule has 0 radical (unpaired) electrons. The number of hydrogen-bond donors (Lipinski definition) is 1. The highest BCUT2D eigenvalue weighted by Crippen LogP contribution is 2.36. The zero-order chi connectivity index (χ0) is 13.2. The Morgan fingerprint density at radius 3 is 2.53 bits per heavy atom. The summed E-state index contributed by atoms with van der Waals surface area (Å²) in [5.74, 6) is 0.292. The molecule has 0 aromatic carbocycles. The monoisotopic (exact) mass is 265 g/mol. The molecule has 3 rings (SSSR count). The van der Waals surface area contributed by atoms with Gasteiger partial charge in [0.25, 0.3) is 0 Å². The minimum absolute atomic E-state index is 0.292. The Morgan fingerprint density at radius 1 is 1.05 bits per heavy atom. The number of likely N-dealkylation sites (N-methyl/N-ethyl adjacent to an activating group) is 1. The van der Waals surface area contributed by atoms with E-state index in [4.69, 9.17) is 0 Å². The minimum atomic E-state index is 0.292. The molecule has 2 heterocycles. The van der Waals surface area contributed by atoms with E-state index in [0.29, 0.717) is 24.5 Å². The first-order chi connectivity index (χ1) is 9.31.